The van der Waals surface area contributed by atoms with Crippen LogP contribution < -0.4 is 0 Å². The third-order valence-corrected chi connectivity index (χ3v) is 5.53. The van der Waals surface area contributed by atoms with Gasteiger partial charge in [0.25, 0.3) is 0 Å². The number of amides is 1. The summed E-state index contributed by atoms with van der Waals surface area (Å²) in [5.74, 6) is 2.35. The van der Waals surface area contributed by atoms with Crippen molar-refractivity contribution in [3.8, 4) is 22.7 Å². The van der Waals surface area contributed by atoms with Gasteiger partial charge in [0, 0.05) is 23.2 Å². The van der Waals surface area contributed by atoms with Crippen molar-refractivity contribution >= 4 is 29.3 Å². The van der Waals surface area contributed by atoms with Crippen molar-refractivity contribution in [3.05, 3.63) is 77.5 Å². The van der Waals surface area contributed by atoms with Gasteiger partial charge in [-0.15, -0.1) is 5.10 Å². The van der Waals surface area contributed by atoms with Gasteiger partial charge in [-0.2, -0.15) is 0 Å². The Morgan fingerprint density at radius 2 is 1.83 bits per heavy atom. The Kier molecular flexibility index (Phi) is 6.21. The molecule has 2 heterocycles. The first-order chi connectivity index (χ1) is 14.6. The number of carbonyl (C=O) groups excluding carboxylic acids is 1. The van der Waals surface area contributed by atoms with Crippen molar-refractivity contribution in [2.75, 3.05) is 12.8 Å². The molecule has 0 saturated carbocycles. The minimum absolute atomic E-state index is 0.0319. The Morgan fingerprint density at radius 3 is 2.60 bits per heavy atom. The Balaban J connectivity index is 1.31. The van der Waals surface area contributed by atoms with Crippen LogP contribution in [0.3, 0.4) is 0 Å². The summed E-state index contributed by atoms with van der Waals surface area (Å²) in [4.78, 5) is 18.6. The Morgan fingerprint density at radius 1 is 1.07 bits per heavy atom. The molecule has 6 nitrogen and oxygen atoms in total. The number of hydrogen-bond acceptors (Lipinski definition) is 5. The van der Waals surface area contributed by atoms with Crippen molar-refractivity contribution in [1.82, 2.24) is 20.1 Å². The summed E-state index contributed by atoms with van der Waals surface area (Å²) in [6, 6.07) is 20.9. The smallest absolute Gasteiger partial charge is 0.233 e. The molecule has 0 atom stereocenters. The molecule has 0 aliphatic rings. The molecule has 30 heavy (non-hydrogen) atoms. The first-order valence-corrected chi connectivity index (χ1v) is 10.6. The molecule has 0 radical (unpaired) electrons. The van der Waals surface area contributed by atoms with Gasteiger partial charge in [0.2, 0.25) is 11.1 Å². The highest BCUT2D eigenvalue weighted by Gasteiger charge is 2.14. The van der Waals surface area contributed by atoms with Gasteiger partial charge < -0.3 is 9.32 Å². The van der Waals surface area contributed by atoms with Crippen LogP contribution in [0.5, 0.6) is 0 Å². The third kappa shape index (κ3) is 4.93. The van der Waals surface area contributed by atoms with Gasteiger partial charge in [0.05, 0.1) is 12.3 Å². The van der Waals surface area contributed by atoms with Crippen molar-refractivity contribution < 1.29 is 9.21 Å². The highest BCUT2D eigenvalue weighted by atomic mass is 35.5. The minimum atomic E-state index is -0.0319. The predicted molar refractivity (Wildman–Crippen MR) is 118 cm³/mol. The minimum Gasteiger partial charge on any atom is -0.459 e. The standard InChI is InChI=1S/C22H19ClN4O2S/c1-27(13-18-11-12-19(29-18)15-7-9-17(23)10-8-15)20(28)14-30-22-24-21(25-26-22)16-5-3-2-4-6-16/h2-12H,13-14H2,1H3,(H,24,25,26). The number of nitrogens with zero attached hydrogens (tertiary/aromatic N) is 3. The van der Waals surface area contributed by atoms with Gasteiger partial charge in [-0.3, -0.25) is 9.89 Å². The van der Waals surface area contributed by atoms with Crippen molar-refractivity contribution in [3.63, 3.8) is 0 Å². The molecular formula is C22H19ClN4O2S. The van der Waals surface area contributed by atoms with Crippen LogP contribution in [0.4, 0.5) is 0 Å². The Bertz CT molecular complexity index is 1130. The summed E-state index contributed by atoms with van der Waals surface area (Å²) < 4.78 is 5.87. The number of carbonyl (C=O) groups is 1. The average molecular weight is 439 g/mol. The molecule has 4 rings (SSSR count). The number of nitrogens with one attached hydrogen (secondary N) is 1. The van der Waals surface area contributed by atoms with Crippen LogP contribution in [-0.2, 0) is 11.3 Å². The maximum atomic E-state index is 12.5. The van der Waals surface area contributed by atoms with E-state index in [4.69, 9.17) is 16.0 Å². The van der Waals surface area contributed by atoms with Crippen molar-refractivity contribution in [2.45, 2.75) is 11.7 Å². The van der Waals surface area contributed by atoms with Gasteiger partial charge in [-0.05, 0) is 36.4 Å². The van der Waals surface area contributed by atoms with E-state index in [1.807, 2.05) is 66.7 Å². The van der Waals surface area contributed by atoms with Crippen LogP contribution >= 0.6 is 23.4 Å². The lowest BCUT2D eigenvalue weighted by molar-refractivity contribution is -0.127. The van der Waals surface area contributed by atoms with E-state index >= 15 is 0 Å². The van der Waals surface area contributed by atoms with Crippen molar-refractivity contribution in [1.29, 1.82) is 0 Å². The Labute approximate surface area is 183 Å². The molecule has 152 valence electrons. The van der Waals surface area contributed by atoms with Gasteiger partial charge in [-0.1, -0.05) is 53.7 Å². The maximum Gasteiger partial charge on any atom is 0.233 e. The fourth-order valence-electron chi connectivity index (χ4n) is 2.83. The second-order valence-corrected chi connectivity index (χ2v) is 8.02. The SMILES string of the molecule is CN(Cc1ccc(-c2ccc(Cl)cc2)o1)C(=O)CSc1n[nH]c(-c2ccccc2)n1. The summed E-state index contributed by atoms with van der Waals surface area (Å²) >= 11 is 7.23. The van der Waals surface area contributed by atoms with Crippen LogP contribution in [0.1, 0.15) is 5.76 Å². The van der Waals surface area contributed by atoms with Crippen LogP contribution in [0, 0.1) is 0 Å². The fourth-order valence-corrected chi connectivity index (χ4v) is 3.69. The van der Waals surface area contributed by atoms with Crippen LogP contribution in [-0.4, -0.2) is 38.8 Å². The lowest BCUT2D eigenvalue weighted by Crippen LogP contribution is -2.27. The van der Waals surface area contributed by atoms with Crippen LogP contribution in [0.15, 0.2) is 76.3 Å². The molecule has 0 aliphatic carbocycles. The molecule has 8 heteroatoms. The number of furan rings is 1. The summed E-state index contributed by atoms with van der Waals surface area (Å²) in [6.07, 6.45) is 0. The Hall–Kier alpha value is -3.03. The lowest BCUT2D eigenvalue weighted by atomic mass is 10.2. The lowest BCUT2D eigenvalue weighted by Gasteiger charge is -2.14. The number of H-pyrrole nitrogens is 1. The second kappa shape index (κ2) is 9.19. The van der Waals surface area contributed by atoms with E-state index in [1.54, 1.807) is 11.9 Å². The summed E-state index contributed by atoms with van der Waals surface area (Å²) in [6.45, 7) is 0.385. The molecule has 1 N–H and O–H groups in total. The van der Waals surface area contributed by atoms with Gasteiger partial charge >= 0.3 is 0 Å². The molecule has 1 amide bonds. The van der Waals surface area contributed by atoms with Gasteiger partial charge in [0.1, 0.15) is 11.5 Å². The number of halogens is 1. The maximum absolute atomic E-state index is 12.5. The van der Waals surface area contributed by atoms with E-state index in [2.05, 4.69) is 15.2 Å². The molecule has 0 aliphatic heterocycles. The van der Waals surface area contributed by atoms with Crippen LogP contribution in [0.25, 0.3) is 22.7 Å². The molecule has 2 aromatic heterocycles. The number of thioether (sulfide) groups is 1. The number of benzene rings is 2. The number of aromatic nitrogens is 3. The monoisotopic (exact) mass is 438 g/mol. The molecule has 0 fully saturated rings. The van der Waals surface area contributed by atoms with Crippen LogP contribution in [0.2, 0.25) is 5.02 Å². The largest absolute Gasteiger partial charge is 0.459 e. The van der Waals surface area contributed by atoms with E-state index in [9.17, 15) is 4.79 Å². The number of hydrogen-bond donors (Lipinski definition) is 1. The average Bonchev–Trinajstić information content (AvgIpc) is 3.43. The zero-order chi connectivity index (χ0) is 20.9. The zero-order valence-electron chi connectivity index (χ0n) is 16.2. The molecule has 2 aromatic carbocycles. The molecule has 0 bridgehead atoms. The number of rotatable bonds is 7. The molecule has 0 unspecified atom stereocenters. The normalized spacial score (nSPS) is 10.9. The summed E-state index contributed by atoms with van der Waals surface area (Å²) in [5, 5.41) is 8.30. The van der Waals surface area contributed by atoms with E-state index in [-0.39, 0.29) is 11.7 Å². The van der Waals surface area contributed by atoms with E-state index in [0.717, 1.165) is 16.9 Å². The quantitative estimate of drug-likeness (QED) is 0.404. The van der Waals surface area contributed by atoms with Gasteiger partial charge in [-0.25, -0.2) is 4.98 Å². The van der Waals surface area contributed by atoms with Gasteiger partial charge in [0.15, 0.2) is 5.82 Å². The fraction of sp³-hybridized carbons (Fsp3) is 0.136. The highest BCUT2D eigenvalue weighted by Crippen LogP contribution is 2.25. The van der Waals surface area contributed by atoms with E-state index in [1.165, 1.54) is 11.8 Å². The molecule has 0 spiro atoms. The molecular weight excluding hydrogens is 420 g/mol. The first-order valence-electron chi connectivity index (χ1n) is 9.28. The molecule has 0 saturated heterocycles. The van der Waals surface area contributed by atoms with E-state index < -0.39 is 0 Å². The highest BCUT2D eigenvalue weighted by molar-refractivity contribution is 7.99. The zero-order valence-corrected chi connectivity index (χ0v) is 17.8. The first kappa shape index (κ1) is 20.3. The number of aromatic amines is 1. The summed E-state index contributed by atoms with van der Waals surface area (Å²) in [7, 11) is 1.75. The second-order valence-electron chi connectivity index (χ2n) is 6.64. The third-order valence-electron chi connectivity index (χ3n) is 4.45. The topological polar surface area (TPSA) is 75.0 Å². The van der Waals surface area contributed by atoms with E-state index in [0.29, 0.717) is 28.3 Å². The van der Waals surface area contributed by atoms with Crippen molar-refractivity contribution in [2.24, 2.45) is 0 Å². The predicted octanol–water partition coefficient (Wildman–Crippen LogP) is 5.14. The summed E-state index contributed by atoms with van der Waals surface area (Å²) in [5.41, 5.74) is 1.89. The molecule has 4 aromatic rings.